The van der Waals surface area contributed by atoms with E-state index in [4.69, 9.17) is 21.1 Å². The van der Waals surface area contributed by atoms with Crippen molar-refractivity contribution >= 4 is 17.5 Å². The maximum absolute atomic E-state index is 11.1. The van der Waals surface area contributed by atoms with E-state index in [1.165, 1.54) is 16.7 Å². The molecule has 0 aliphatic heterocycles. The molecule has 4 nitrogen and oxygen atoms in total. The molecule has 0 unspecified atom stereocenters. The van der Waals surface area contributed by atoms with Crippen LogP contribution in [0.2, 0.25) is 5.02 Å². The van der Waals surface area contributed by atoms with E-state index >= 15 is 0 Å². The average Bonchev–Trinajstić information content (AvgIpc) is 2.93. The molecule has 0 heterocycles. The lowest BCUT2D eigenvalue weighted by molar-refractivity contribution is -0.118. The van der Waals surface area contributed by atoms with Crippen molar-refractivity contribution < 1.29 is 14.3 Å². The van der Waals surface area contributed by atoms with Crippen LogP contribution in [0.1, 0.15) is 42.0 Å². The number of nitrogens with one attached hydrogen (secondary N) is 1. The highest BCUT2D eigenvalue weighted by Crippen LogP contribution is 2.30. The Morgan fingerprint density at radius 1 is 0.816 bits per heavy atom. The van der Waals surface area contributed by atoms with Crippen molar-refractivity contribution in [2.45, 2.75) is 46.3 Å². The monoisotopic (exact) mass is 527 g/mol. The van der Waals surface area contributed by atoms with E-state index in [1.54, 1.807) is 6.92 Å². The Balaban J connectivity index is 1.46. The van der Waals surface area contributed by atoms with Gasteiger partial charge in [0.05, 0.1) is 0 Å². The molecule has 5 heteroatoms. The van der Waals surface area contributed by atoms with E-state index in [0.717, 1.165) is 47.5 Å². The molecule has 0 aliphatic carbocycles. The molecule has 1 amide bonds. The van der Waals surface area contributed by atoms with Crippen molar-refractivity contribution in [1.29, 1.82) is 0 Å². The zero-order chi connectivity index (χ0) is 26.7. The van der Waals surface area contributed by atoms with E-state index in [-0.39, 0.29) is 5.91 Å². The van der Waals surface area contributed by atoms with Gasteiger partial charge in [0.1, 0.15) is 24.7 Å². The Hall–Kier alpha value is -3.76. The van der Waals surface area contributed by atoms with E-state index in [0.29, 0.717) is 24.8 Å². The SMILES string of the molecule is CC(=O)NCCCCc1ccc(OCc2cccc(-c3ccccc3)c2C)cc1OCc1ccc(Cl)cc1. The van der Waals surface area contributed by atoms with Crippen LogP contribution in [0.15, 0.2) is 91.0 Å². The summed E-state index contributed by atoms with van der Waals surface area (Å²) in [5, 5.41) is 3.56. The molecular weight excluding hydrogens is 494 g/mol. The molecule has 0 bridgehead atoms. The van der Waals surface area contributed by atoms with Gasteiger partial charge in [-0.15, -0.1) is 0 Å². The second-order valence-electron chi connectivity index (χ2n) is 9.37. The fraction of sp³-hybridized carbons (Fsp3) is 0.242. The second-order valence-corrected chi connectivity index (χ2v) is 9.81. The van der Waals surface area contributed by atoms with Crippen molar-refractivity contribution in [3.8, 4) is 22.6 Å². The van der Waals surface area contributed by atoms with Gasteiger partial charge in [-0.3, -0.25) is 4.79 Å². The molecule has 0 radical (unpaired) electrons. The lowest BCUT2D eigenvalue weighted by Gasteiger charge is -2.16. The topological polar surface area (TPSA) is 47.6 Å². The number of ether oxygens (including phenoxy) is 2. The van der Waals surface area contributed by atoms with Crippen molar-refractivity contribution in [2.24, 2.45) is 0 Å². The van der Waals surface area contributed by atoms with Gasteiger partial charge in [-0.1, -0.05) is 78.3 Å². The first kappa shape index (κ1) is 27.3. The van der Waals surface area contributed by atoms with Gasteiger partial charge in [0.2, 0.25) is 5.91 Å². The summed E-state index contributed by atoms with van der Waals surface area (Å²) in [5.74, 6) is 1.58. The largest absolute Gasteiger partial charge is 0.489 e. The summed E-state index contributed by atoms with van der Waals surface area (Å²) in [6.45, 7) is 5.28. The van der Waals surface area contributed by atoms with Crippen LogP contribution >= 0.6 is 11.6 Å². The zero-order valence-electron chi connectivity index (χ0n) is 22.0. The second kappa shape index (κ2) is 13.7. The number of rotatable bonds is 12. The highest BCUT2D eigenvalue weighted by atomic mass is 35.5. The Bertz CT molecular complexity index is 1340. The van der Waals surface area contributed by atoms with Crippen LogP contribution in [0.3, 0.4) is 0 Å². The lowest BCUT2D eigenvalue weighted by atomic mass is 9.97. The molecule has 0 saturated heterocycles. The number of amides is 1. The van der Waals surface area contributed by atoms with Crippen LogP contribution in [0, 0.1) is 6.92 Å². The molecule has 0 fully saturated rings. The van der Waals surface area contributed by atoms with Gasteiger partial charge < -0.3 is 14.8 Å². The number of carbonyl (C=O) groups excluding carboxylic acids is 1. The smallest absolute Gasteiger partial charge is 0.216 e. The van der Waals surface area contributed by atoms with Crippen LogP contribution < -0.4 is 14.8 Å². The van der Waals surface area contributed by atoms with Crippen LogP contribution in [-0.4, -0.2) is 12.5 Å². The predicted molar refractivity (Wildman–Crippen MR) is 155 cm³/mol. The first-order valence-corrected chi connectivity index (χ1v) is 13.4. The fourth-order valence-corrected chi connectivity index (χ4v) is 4.47. The number of aryl methyl sites for hydroxylation is 1. The standard InChI is InChI=1S/C33H34ClNO3/c1-24-29(12-8-13-32(24)27-9-4-3-5-10-27)23-37-31-19-16-28(11-6-7-20-35-25(2)36)33(21-31)38-22-26-14-17-30(34)18-15-26/h3-5,8-10,12-19,21H,6-7,11,20,22-23H2,1-2H3,(H,35,36). The maximum Gasteiger partial charge on any atom is 0.216 e. The minimum absolute atomic E-state index is 0.00281. The van der Waals surface area contributed by atoms with E-state index in [2.05, 4.69) is 60.8 Å². The van der Waals surface area contributed by atoms with Gasteiger partial charge in [0.25, 0.3) is 0 Å². The van der Waals surface area contributed by atoms with E-state index in [1.807, 2.05) is 42.5 Å². The van der Waals surface area contributed by atoms with Gasteiger partial charge in [0.15, 0.2) is 0 Å². The number of benzene rings is 4. The predicted octanol–water partition coefficient (Wildman–Crippen LogP) is 7.93. The molecule has 0 aromatic heterocycles. The number of hydrogen-bond acceptors (Lipinski definition) is 3. The van der Waals surface area contributed by atoms with Crippen molar-refractivity contribution in [2.75, 3.05) is 6.54 Å². The molecule has 4 rings (SSSR count). The Morgan fingerprint density at radius 3 is 2.37 bits per heavy atom. The van der Waals surface area contributed by atoms with Gasteiger partial charge in [-0.05, 0) is 77.8 Å². The summed E-state index contributed by atoms with van der Waals surface area (Å²) in [6, 6.07) is 30.5. The molecule has 1 N–H and O–H groups in total. The van der Waals surface area contributed by atoms with Crippen molar-refractivity contribution in [1.82, 2.24) is 5.32 Å². The minimum Gasteiger partial charge on any atom is -0.489 e. The van der Waals surface area contributed by atoms with Gasteiger partial charge >= 0.3 is 0 Å². The molecule has 38 heavy (non-hydrogen) atoms. The normalized spacial score (nSPS) is 10.7. The van der Waals surface area contributed by atoms with E-state index in [9.17, 15) is 4.79 Å². The summed E-state index contributed by atoms with van der Waals surface area (Å²) < 4.78 is 12.5. The molecule has 0 atom stereocenters. The van der Waals surface area contributed by atoms with Crippen molar-refractivity contribution in [3.63, 3.8) is 0 Å². The van der Waals surface area contributed by atoms with Crippen LogP contribution in [-0.2, 0) is 24.4 Å². The highest BCUT2D eigenvalue weighted by Gasteiger charge is 2.10. The number of halogens is 1. The number of unbranched alkanes of at least 4 members (excludes halogenated alkanes) is 1. The van der Waals surface area contributed by atoms with Gasteiger partial charge in [-0.25, -0.2) is 0 Å². The third kappa shape index (κ3) is 7.87. The fourth-order valence-electron chi connectivity index (χ4n) is 4.34. The highest BCUT2D eigenvalue weighted by molar-refractivity contribution is 6.30. The summed E-state index contributed by atoms with van der Waals surface area (Å²) in [5.41, 5.74) is 6.95. The Kier molecular flexibility index (Phi) is 9.83. The average molecular weight is 528 g/mol. The zero-order valence-corrected chi connectivity index (χ0v) is 22.8. The minimum atomic E-state index is 0.00281. The molecule has 4 aromatic carbocycles. The molecule has 0 saturated carbocycles. The summed E-state index contributed by atoms with van der Waals surface area (Å²) >= 11 is 6.03. The summed E-state index contributed by atoms with van der Waals surface area (Å²) in [7, 11) is 0. The van der Waals surface area contributed by atoms with Gasteiger partial charge in [-0.2, -0.15) is 0 Å². The number of hydrogen-bond donors (Lipinski definition) is 1. The van der Waals surface area contributed by atoms with E-state index < -0.39 is 0 Å². The summed E-state index contributed by atoms with van der Waals surface area (Å²) in [4.78, 5) is 11.1. The Morgan fingerprint density at radius 2 is 1.61 bits per heavy atom. The summed E-state index contributed by atoms with van der Waals surface area (Å²) in [6.07, 6.45) is 2.71. The molecule has 196 valence electrons. The third-order valence-corrected chi connectivity index (χ3v) is 6.77. The third-order valence-electron chi connectivity index (χ3n) is 6.52. The Labute approximate surface area is 230 Å². The van der Waals surface area contributed by atoms with Crippen molar-refractivity contribution in [3.05, 3.63) is 118 Å². The molecular formula is C33H34ClNO3. The van der Waals surface area contributed by atoms with Gasteiger partial charge in [0, 0.05) is 24.6 Å². The number of carbonyl (C=O) groups is 1. The van der Waals surface area contributed by atoms with Crippen LogP contribution in [0.4, 0.5) is 0 Å². The first-order chi connectivity index (χ1) is 18.5. The van der Waals surface area contributed by atoms with Crippen LogP contribution in [0.25, 0.3) is 11.1 Å². The maximum atomic E-state index is 11.1. The molecule has 0 spiro atoms. The molecule has 0 aliphatic rings. The first-order valence-electron chi connectivity index (χ1n) is 13.0. The quantitative estimate of drug-likeness (QED) is 0.190. The molecule has 4 aromatic rings. The van der Waals surface area contributed by atoms with Crippen LogP contribution in [0.5, 0.6) is 11.5 Å². The lowest BCUT2D eigenvalue weighted by Crippen LogP contribution is -2.20.